The van der Waals surface area contributed by atoms with Gasteiger partial charge in [0.15, 0.2) is 0 Å². The highest BCUT2D eigenvalue weighted by atomic mass is 28.4. The van der Waals surface area contributed by atoms with Crippen LogP contribution in [0.1, 0.15) is 92.9 Å². The molecule has 0 atom stereocenters. The van der Waals surface area contributed by atoms with Crippen LogP contribution in [-0.2, 0) is 26.6 Å². The molecular formula is C27H56N8O6Si2. The van der Waals surface area contributed by atoms with Gasteiger partial charge in [0.25, 0.3) is 0 Å². The lowest BCUT2D eigenvalue weighted by Gasteiger charge is -2.28. The van der Waals surface area contributed by atoms with Gasteiger partial charge < -0.3 is 37.2 Å². The first-order chi connectivity index (χ1) is 21.0. The molecule has 0 unspecified atom stereocenters. The van der Waals surface area contributed by atoms with Gasteiger partial charge >= 0.3 is 17.6 Å². The Bertz CT molecular complexity index is 809. The number of anilines is 2. The Hall–Kier alpha value is -1.89. The molecule has 0 aliphatic heterocycles. The molecule has 0 radical (unpaired) electrons. The van der Waals surface area contributed by atoms with Gasteiger partial charge in [-0.1, -0.05) is 25.7 Å². The van der Waals surface area contributed by atoms with E-state index in [4.69, 9.17) is 32.1 Å². The first-order valence-corrected chi connectivity index (χ1v) is 19.9. The van der Waals surface area contributed by atoms with E-state index in [1.807, 2.05) is 41.5 Å². The van der Waals surface area contributed by atoms with E-state index in [9.17, 15) is 0 Å². The van der Waals surface area contributed by atoms with Crippen LogP contribution >= 0.6 is 0 Å². The first-order valence-electron chi connectivity index (χ1n) is 16.1. The Morgan fingerprint density at radius 3 is 1.23 bits per heavy atom. The minimum Gasteiger partial charge on any atom is -0.374 e. The molecular weight excluding hydrogens is 589 g/mol. The van der Waals surface area contributed by atoms with Gasteiger partial charge in [-0.25, -0.2) is 0 Å². The summed E-state index contributed by atoms with van der Waals surface area (Å²) in [4.78, 5) is 15.7. The normalized spacial score (nSPS) is 11.9. The van der Waals surface area contributed by atoms with Crippen molar-refractivity contribution in [2.75, 3.05) is 63.4 Å². The van der Waals surface area contributed by atoms with Crippen molar-refractivity contribution in [3.8, 4) is 0 Å². The number of azide groups is 1. The molecule has 1 rings (SSSR count). The van der Waals surface area contributed by atoms with Crippen molar-refractivity contribution in [3.05, 3.63) is 10.4 Å². The fourth-order valence-electron chi connectivity index (χ4n) is 4.65. The zero-order valence-electron chi connectivity index (χ0n) is 27.4. The van der Waals surface area contributed by atoms with Gasteiger partial charge in [-0.15, -0.1) is 0 Å². The second kappa shape index (κ2) is 24.4. The molecule has 16 heteroatoms. The standard InChI is InChI=1S/C27H56N8O6Si2/c1-7-36-42(37-8-2,38-9-3)23-19-15-13-17-21-29-25-31-26(33-27(32-25)34-35-28)30-22-18-14-16-20-24-43(39-10-4,40-11-5)41-12-6/h7-24H2,1-6H3,(H2,29,30,31,32,33). The van der Waals surface area contributed by atoms with Gasteiger partial charge in [-0.3, -0.25) is 0 Å². The Morgan fingerprint density at radius 1 is 0.558 bits per heavy atom. The van der Waals surface area contributed by atoms with Crippen molar-refractivity contribution in [2.24, 2.45) is 5.11 Å². The van der Waals surface area contributed by atoms with Crippen LogP contribution < -0.4 is 10.6 Å². The summed E-state index contributed by atoms with van der Waals surface area (Å²) in [5, 5.41) is 10.0. The van der Waals surface area contributed by atoms with E-state index in [0.717, 1.165) is 63.5 Å². The summed E-state index contributed by atoms with van der Waals surface area (Å²) in [6.07, 6.45) is 8.01. The van der Waals surface area contributed by atoms with Crippen LogP contribution in [0, 0.1) is 0 Å². The van der Waals surface area contributed by atoms with Crippen LogP contribution in [-0.4, -0.2) is 85.3 Å². The second-order valence-corrected chi connectivity index (χ2v) is 15.1. The lowest BCUT2D eigenvalue weighted by molar-refractivity contribution is 0.0698. The predicted octanol–water partition coefficient (Wildman–Crippen LogP) is 6.85. The highest BCUT2D eigenvalue weighted by molar-refractivity contribution is 6.61. The summed E-state index contributed by atoms with van der Waals surface area (Å²) >= 11 is 0. The molecule has 1 aromatic heterocycles. The largest absolute Gasteiger partial charge is 0.500 e. The van der Waals surface area contributed by atoms with E-state index >= 15 is 0 Å². The quantitative estimate of drug-likeness (QED) is 0.0307. The minimum absolute atomic E-state index is 0.0376. The van der Waals surface area contributed by atoms with Gasteiger partial charge in [-0.05, 0) is 77.9 Å². The maximum Gasteiger partial charge on any atom is 0.500 e. The van der Waals surface area contributed by atoms with Gasteiger partial charge in [0.05, 0.1) is 0 Å². The maximum absolute atomic E-state index is 8.88. The molecule has 0 aliphatic carbocycles. The monoisotopic (exact) mass is 644 g/mol. The Balaban J connectivity index is 2.45. The third-order valence-electron chi connectivity index (χ3n) is 6.33. The third-order valence-corrected chi connectivity index (χ3v) is 12.6. The van der Waals surface area contributed by atoms with Crippen LogP contribution in [0.5, 0.6) is 0 Å². The lowest BCUT2D eigenvalue weighted by Crippen LogP contribution is -2.45. The molecule has 0 aliphatic rings. The highest BCUT2D eigenvalue weighted by Crippen LogP contribution is 2.22. The minimum atomic E-state index is -2.58. The van der Waals surface area contributed by atoms with Gasteiger partial charge in [0.2, 0.25) is 17.8 Å². The molecule has 0 amide bonds. The van der Waals surface area contributed by atoms with Crippen molar-refractivity contribution in [1.82, 2.24) is 15.0 Å². The van der Waals surface area contributed by atoms with E-state index < -0.39 is 17.6 Å². The molecule has 0 bridgehead atoms. The highest BCUT2D eigenvalue weighted by Gasteiger charge is 2.40. The number of aromatic nitrogens is 3. The van der Waals surface area contributed by atoms with Crippen molar-refractivity contribution < 1.29 is 26.6 Å². The lowest BCUT2D eigenvalue weighted by atomic mass is 10.2. The topological polar surface area (TPSA) is 167 Å². The van der Waals surface area contributed by atoms with Crippen molar-refractivity contribution in [1.29, 1.82) is 0 Å². The van der Waals surface area contributed by atoms with Crippen molar-refractivity contribution in [2.45, 2.75) is 105 Å². The summed E-state index contributed by atoms with van der Waals surface area (Å²) in [5.74, 6) is 0.814. The van der Waals surface area contributed by atoms with E-state index in [1.54, 1.807) is 0 Å². The summed E-state index contributed by atoms with van der Waals surface area (Å²) in [6, 6.07) is 1.65. The molecule has 248 valence electrons. The number of nitrogens with one attached hydrogen (secondary N) is 2. The van der Waals surface area contributed by atoms with Crippen LogP contribution in [0.25, 0.3) is 10.4 Å². The van der Waals surface area contributed by atoms with Crippen LogP contribution in [0.4, 0.5) is 17.8 Å². The molecule has 1 aromatic rings. The van der Waals surface area contributed by atoms with E-state index in [2.05, 4.69) is 35.6 Å². The number of hydrogen-bond acceptors (Lipinski definition) is 12. The molecule has 0 saturated carbocycles. The zero-order chi connectivity index (χ0) is 31.7. The molecule has 0 spiro atoms. The molecule has 0 fully saturated rings. The van der Waals surface area contributed by atoms with Crippen LogP contribution in [0.3, 0.4) is 0 Å². The van der Waals surface area contributed by atoms with E-state index in [0.29, 0.717) is 64.6 Å². The number of unbranched alkanes of at least 4 members (excludes halogenated alkanes) is 6. The van der Waals surface area contributed by atoms with Crippen LogP contribution in [0.2, 0.25) is 12.1 Å². The molecule has 43 heavy (non-hydrogen) atoms. The summed E-state index contributed by atoms with van der Waals surface area (Å²) in [7, 11) is -5.16. The average Bonchev–Trinajstić information content (AvgIpc) is 2.97. The average molecular weight is 645 g/mol. The second-order valence-electron chi connectivity index (χ2n) is 9.62. The Labute approximate surface area is 260 Å². The fraction of sp³-hybridized carbons (Fsp3) is 0.889. The third kappa shape index (κ3) is 16.7. The number of hydrogen-bond donors (Lipinski definition) is 2. The predicted molar refractivity (Wildman–Crippen MR) is 173 cm³/mol. The number of rotatable bonds is 29. The van der Waals surface area contributed by atoms with E-state index in [1.165, 1.54) is 0 Å². The smallest absolute Gasteiger partial charge is 0.374 e. The Kier molecular flexibility index (Phi) is 22.2. The molecule has 1 heterocycles. The number of nitrogens with zero attached hydrogens (tertiary/aromatic N) is 6. The van der Waals surface area contributed by atoms with Gasteiger partial charge in [0, 0.05) is 69.7 Å². The fourth-order valence-corrected chi connectivity index (χ4v) is 10.0. The molecule has 0 saturated heterocycles. The van der Waals surface area contributed by atoms with Crippen LogP contribution in [0.15, 0.2) is 5.11 Å². The van der Waals surface area contributed by atoms with Gasteiger partial charge in [-0.2, -0.15) is 15.0 Å². The van der Waals surface area contributed by atoms with Gasteiger partial charge in [0.1, 0.15) is 0 Å². The molecule has 0 aromatic carbocycles. The SMILES string of the molecule is CCO[Si](CCCCCCNc1nc(N=[N+]=[N-])nc(NCCCCCC[Si](OCC)(OCC)OCC)n1)(OCC)OCC. The first kappa shape index (κ1) is 39.1. The summed E-state index contributed by atoms with van der Waals surface area (Å²) < 4.78 is 35.6. The van der Waals surface area contributed by atoms with E-state index in [-0.39, 0.29) is 5.95 Å². The molecule has 2 N–H and O–H groups in total. The summed E-state index contributed by atoms with van der Waals surface area (Å²) in [5.41, 5.74) is 8.88. The molecule has 14 nitrogen and oxygen atoms in total. The summed E-state index contributed by atoms with van der Waals surface area (Å²) in [6.45, 7) is 16.8. The zero-order valence-corrected chi connectivity index (χ0v) is 29.4. The Morgan fingerprint density at radius 2 is 0.907 bits per heavy atom. The van der Waals surface area contributed by atoms with Crippen molar-refractivity contribution >= 4 is 35.5 Å². The van der Waals surface area contributed by atoms with Crippen molar-refractivity contribution in [3.63, 3.8) is 0 Å². The maximum atomic E-state index is 8.88.